The monoisotopic (exact) mass is 272 g/mol. The first kappa shape index (κ1) is 14.8. The molecular formula is C13H18ClFN2O. The van der Waals surface area contributed by atoms with Crippen LogP contribution in [-0.4, -0.2) is 12.4 Å². The van der Waals surface area contributed by atoms with Crippen molar-refractivity contribution in [1.29, 1.82) is 5.41 Å². The maximum Gasteiger partial charge on any atom is 0.138 e. The van der Waals surface area contributed by atoms with E-state index >= 15 is 0 Å². The molecule has 1 rings (SSSR count). The van der Waals surface area contributed by atoms with Crippen LogP contribution in [0, 0.1) is 16.6 Å². The Balaban J connectivity index is 2.41. The summed E-state index contributed by atoms with van der Waals surface area (Å²) in [6, 6.07) is 4.03. The summed E-state index contributed by atoms with van der Waals surface area (Å²) < 4.78 is 18.3. The number of amidine groups is 1. The molecule has 0 fully saturated rings. The van der Waals surface area contributed by atoms with Gasteiger partial charge in [-0.15, -0.1) is 0 Å². The molecular weight excluding hydrogens is 255 g/mol. The lowest BCUT2D eigenvalue weighted by Crippen LogP contribution is -2.31. The SMILES string of the molecule is CC(C)(CCCOc1ccc(F)cc1Cl)C(=N)N. The molecule has 0 aliphatic rings. The Hall–Kier alpha value is -1.29. The van der Waals surface area contributed by atoms with Crippen LogP contribution in [0.5, 0.6) is 5.75 Å². The number of rotatable bonds is 6. The Morgan fingerprint density at radius 1 is 1.50 bits per heavy atom. The van der Waals surface area contributed by atoms with Gasteiger partial charge in [0.2, 0.25) is 0 Å². The highest BCUT2D eigenvalue weighted by molar-refractivity contribution is 6.32. The molecule has 0 saturated carbocycles. The summed E-state index contributed by atoms with van der Waals surface area (Å²) in [5, 5.41) is 7.69. The van der Waals surface area contributed by atoms with Gasteiger partial charge in [-0.3, -0.25) is 5.41 Å². The van der Waals surface area contributed by atoms with Crippen molar-refractivity contribution in [2.24, 2.45) is 11.1 Å². The Bertz CT molecular complexity index is 435. The Labute approximate surface area is 112 Å². The highest BCUT2D eigenvalue weighted by atomic mass is 35.5. The Kier molecular flexibility index (Phi) is 4.96. The molecule has 5 heteroatoms. The van der Waals surface area contributed by atoms with E-state index in [1.54, 1.807) is 0 Å². The Morgan fingerprint density at radius 3 is 2.72 bits per heavy atom. The van der Waals surface area contributed by atoms with Gasteiger partial charge >= 0.3 is 0 Å². The fourth-order valence-corrected chi connectivity index (χ4v) is 1.64. The molecule has 1 aromatic rings. The minimum atomic E-state index is -0.384. The van der Waals surface area contributed by atoms with Gasteiger partial charge in [0.05, 0.1) is 17.5 Å². The van der Waals surface area contributed by atoms with E-state index in [9.17, 15) is 4.39 Å². The maximum absolute atomic E-state index is 12.8. The third kappa shape index (κ3) is 4.18. The molecule has 18 heavy (non-hydrogen) atoms. The van der Waals surface area contributed by atoms with Gasteiger partial charge in [-0.05, 0) is 31.0 Å². The fraction of sp³-hybridized carbons (Fsp3) is 0.462. The molecule has 0 radical (unpaired) electrons. The second-order valence-corrected chi connectivity index (χ2v) is 5.23. The predicted octanol–water partition coefficient (Wildman–Crippen LogP) is 3.60. The molecule has 0 bridgehead atoms. The van der Waals surface area contributed by atoms with E-state index in [1.807, 2.05) is 13.8 Å². The molecule has 0 amide bonds. The second-order valence-electron chi connectivity index (χ2n) is 4.82. The van der Waals surface area contributed by atoms with Gasteiger partial charge in [0, 0.05) is 5.41 Å². The largest absolute Gasteiger partial charge is 0.492 e. The van der Waals surface area contributed by atoms with Crippen LogP contribution in [0.15, 0.2) is 18.2 Å². The molecule has 0 heterocycles. The molecule has 3 N–H and O–H groups in total. The molecule has 0 atom stereocenters. The quantitative estimate of drug-likeness (QED) is 0.472. The summed E-state index contributed by atoms with van der Waals surface area (Å²) in [5.41, 5.74) is 5.16. The van der Waals surface area contributed by atoms with Crippen LogP contribution in [0.1, 0.15) is 26.7 Å². The Morgan fingerprint density at radius 2 is 2.17 bits per heavy atom. The van der Waals surface area contributed by atoms with Gasteiger partial charge in [0.25, 0.3) is 0 Å². The summed E-state index contributed by atoms with van der Waals surface area (Å²) in [4.78, 5) is 0. The standard InChI is InChI=1S/C13H18ClFN2O/c1-13(2,12(16)17)6-3-7-18-11-5-4-9(15)8-10(11)14/h4-5,8H,3,6-7H2,1-2H3,(H3,16,17). The third-order valence-corrected chi connectivity index (χ3v) is 3.12. The topological polar surface area (TPSA) is 59.1 Å². The molecule has 1 aromatic carbocycles. The number of ether oxygens (including phenoxy) is 1. The first-order chi connectivity index (χ1) is 8.33. The zero-order valence-corrected chi connectivity index (χ0v) is 11.4. The average molecular weight is 273 g/mol. The van der Waals surface area contributed by atoms with Crippen LogP contribution in [0.3, 0.4) is 0 Å². The number of nitrogens with one attached hydrogen (secondary N) is 1. The van der Waals surface area contributed by atoms with Gasteiger partial charge < -0.3 is 10.5 Å². The zero-order chi connectivity index (χ0) is 13.8. The van der Waals surface area contributed by atoms with Gasteiger partial charge in [0.1, 0.15) is 11.6 Å². The van der Waals surface area contributed by atoms with Crippen LogP contribution < -0.4 is 10.5 Å². The van der Waals surface area contributed by atoms with Crippen LogP contribution in [-0.2, 0) is 0 Å². The van der Waals surface area contributed by atoms with Crippen molar-refractivity contribution in [3.05, 3.63) is 29.0 Å². The molecule has 0 aromatic heterocycles. The maximum atomic E-state index is 12.8. The fourth-order valence-electron chi connectivity index (χ4n) is 1.42. The van der Waals surface area contributed by atoms with E-state index < -0.39 is 0 Å². The van der Waals surface area contributed by atoms with Crippen molar-refractivity contribution in [2.45, 2.75) is 26.7 Å². The lowest BCUT2D eigenvalue weighted by molar-refractivity contribution is 0.286. The van der Waals surface area contributed by atoms with Gasteiger partial charge in [-0.25, -0.2) is 4.39 Å². The smallest absolute Gasteiger partial charge is 0.138 e. The van der Waals surface area contributed by atoms with Crippen molar-refractivity contribution in [2.75, 3.05) is 6.61 Å². The van der Waals surface area contributed by atoms with Crippen molar-refractivity contribution < 1.29 is 9.13 Å². The van der Waals surface area contributed by atoms with E-state index in [4.69, 9.17) is 27.5 Å². The van der Waals surface area contributed by atoms with E-state index in [0.29, 0.717) is 12.4 Å². The normalized spacial score (nSPS) is 11.3. The first-order valence-electron chi connectivity index (χ1n) is 5.75. The summed E-state index contributed by atoms with van der Waals surface area (Å²) in [6.45, 7) is 4.29. The van der Waals surface area contributed by atoms with Gasteiger partial charge in [0.15, 0.2) is 0 Å². The third-order valence-electron chi connectivity index (χ3n) is 2.83. The highest BCUT2D eigenvalue weighted by Gasteiger charge is 2.20. The van der Waals surface area contributed by atoms with Crippen molar-refractivity contribution in [3.63, 3.8) is 0 Å². The molecule has 0 spiro atoms. The van der Waals surface area contributed by atoms with Crippen molar-refractivity contribution in [1.82, 2.24) is 0 Å². The number of halogens is 2. The molecule has 0 aliphatic carbocycles. The summed E-state index contributed by atoms with van der Waals surface area (Å²) >= 11 is 5.83. The van der Waals surface area contributed by atoms with Crippen LogP contribution >= 0.6 is 11.6 Å². The first-order valence-corrected chi connectivity index (χ1v) is 6.13. The van der Waals surface area contributed by atoms with Crippen molar-refractivity contribution in [3.8, 4) is 5.75 Å². The molecule has 3 nitrogen and oxygen atoms in total. The molecule has 0 unspecified atom stereocenters. The molecule has 0 saturated heterocycles. The van der Waals surface area contributed by atoms with E-state index in [-0.39, 0.29) is 22.1 Å². The second kappa shape index (κ2) is 6.05. The summed E-state index contributed by atoms with van der Waals surface area (Å²) in [6.07, 6.45) is 1.50. The molecule has 100 valence electrons. The van der Waals surface area contributed by atoms with E-state index in [1.165, 1.54) is 18.2 Å². The zero-order valence-electron chi connectivity index (χ0n) is 10.6. The summed E-state index contributed by atoms with van der Waals surface area (Å²) in [7, 11) is 0. The van der Waals surface area contributed by atoms with Crippen LogP contribution in [0.4, 0.5) is 4.39 Å². The van der Waals surface area contributed by atoms with E-state index in [0.717, 1.165) is 12.8 Å². The number of nitrogens with two attached hydrogens (primary N) is 1. The number of benzene rings is 1. The number of hydrogen-bond donors (Lipinski definition) is 2. The van der Waals surface area contributed by atoms with Gasteiger partial charge in [-0.1, -0.05) is 25.4 Å². The van der Waals surface area contributed by atoms with Crippen LogP contribution in [0.25, 0.3) is 0 Å². The minimum absolute atomic E-state index is 0.169. The average Bonchev–Trinajstić information content (AvgIpc) is 2.26. The number of hydrogen-bond acceptors (Lipinski definition) is 2. The van der Waals surface area contributed by atoms with Crippen LogP contribution in [0.2, 0.25) is 5.02 Å². The predicted molar refractivity (Wildman–Crippen MR) is 71.8 cm³/mol. The lowest BCUT2D eigenvalue weighted by atomic mass is 9.87. The summed E-state index contributed by atoms with van der Waals surface area (Å²) in [5.74, 6) is 0.256. The molecule has 0 aliphatic heterocycles. The van der Waals surface area contributed by atoms with Gasteiger partial charge in [-0.2, -0.15) is 0 Å². The van der Waals surface area contributed by atoms with Crippen molar-refractivity contribution >= 4 is 17.4 Å². The minimum Gasteiger partial charge on any atom is -0.492 e. The van der Waals surface area contributed by atoms with E-state index in [2.05, 4.69) is 0 Å². The lowest BCUT2D eigenvalue weighted by Gasteiger charge is -2.22. The highest BCUT2D eigenvalue weighted by Crippen LogP contribution is 2.26.